The molecule has 2 rings (SSSR count). The number of hydrazone groups is 1. The first-order valence-electron chi connectivity index (χ1n) is 6.96. The van der Waals surface area contributed by atoms with E-state index in [1.54, 1.807) is 6.92 Å². The average Bonchev–Trinajstić information content (AvgIpc) is 3.00. The SMILES string of the molecule is C/C(CC(=O)N1CCCC1)=N\NC(=O)c1ccc(O)cc1. The Labute approximate surface area is 123 Å². The predicted octanol–water partition coefficient (Wildman–Crippen LogP) is 1.51. The topological polar surface area (TPSA) is 82.0 Å². The van der Waals surface area contributed by atoms with Crippen LogP contribution in [-0.2, 0) is 4.79 Å². The van der Waals surface area contributed by atoms with Crippen LogP contribution in [0.4, 0.5) is 0 Å². The van der Waals surface area contributed by atoms with E-state index >= 15 is 0 Å². The van der Waals surface area contributed by atoms with Crippen LogP contribution in [-0.4, -0.2) is 40.6 Å². The second-order valence-electron chi connectivity index (χ2n) is 5.10. The third-order valence-electron chi connectivity index (χ3n) is 3.34. The second-order valence-corrected chi connectivity index (χ2v) is 5.10. The van der Waals surface area contributed by atoms with Crippen LogP contribution >= 0.6 is 0 Å². The van der Waals surface area contributed by atoms with Gasteiger partial charge in [-0.3, -0.25) is 9.59 Å². The van der Waals surface area contributed by atoms with Crippen molar-refractivity contribution in [2.75, 3.05) is 13.1 Å². The molecule has 2 N–H and O–H groups in total. The Morgan fingerprint density at radius 2 is 1.86 bits per heavy atom. The number of nitrogens with zero attached hydrogens (tertiary/aromatic N) is 2. The lowest BCUT2D eigenvalue weighted by Crippen LogP contribution is -2.29. The quantitative estimate of drug-likeness (QED) is 0.651. The molecule has 1 aromatic carbocycles. The van der Waals surface area contributed by atoms with Crippen LogP contribution in [0, 0.1) is 0 Å². The number of hydrogen-bond acceptors (Lipinski definition) is 4. The molecule has 1 aliphatic heterocycles. The highest BCUT2D eigenvalue weighted by molar-refractivity contribution is 6.01. The molecule has 1 fully saturated rings. The van der Waals surface area contributed by atoms with E-state index in [1.165, 1.54) is 24.3 Å². The maximum atomic E-state index is 11.9. The molecule has 0 aliphatic carbocycles. The molecule has 1 aliphatic rings. The van der Waals surface area contributed by atoms with E-state index in [0.29, 0.717) is 11.3 Å². The molecule has 0 radical (unpaired) electrons. The molecule has 1 saturated heterocycles. The van der Waals surface area contributed by atoms with Gasteiger partial charge in [0.25, 0.3) is 5.91 Å². The van der Waals surface area contributed by atoms with Crippen molar-refractivity contribution in [2.45, 2.75) is 26.2 Å². The summed E-state index contributed by atoms with van der Waals surface area (Å²) in [6.45, 7) is 3.34. The van der Waals surface area contributed by atoms with Crippen molar-refractivity contribution < 1.29 is 14.7 Å². The zero-order chi connectivity index (χ0) is 15.2. The van der Waals surface area contributed by atoms with Gasteiger partial charge >= 0.3 is 0 Å². The molecule has 1 aromatic rings. The van der Waals surface area contributed by atoms with E-state index in [0.717, 1.165) is 25.9 Å². The molecule has 0 aromatic heterocycles. The zero-order valence-corrected chi connectivity index (χ0v) is 12.0. The molecule has 112 valence electrons. The van der Waals surface area contributed by atoms with Crippen molar-refractivity contribution in [3.05, 3.63) is 29.8 Å². The Kier molecular flexibility index (Phi) is 4.92. The molecule has 2 amide bonds. The number of benzene rings is 1. The number of rotatable bonds is 4. The van der Waals surface area contributed by atoms with Crippen LogP contribution in [0.5, 0.6) is 5.75 Å². The number of carbonyl (C=O) groups excluding carboxylic acids is 2. The predicted molar refractivity (Wildman–Crippen MR) is 79.1 cm³/mol. The van der Waals surface area contributed by atoms with E-state index in [1.807, 2.05) is 4.90 Å². The van der Waals surface area contributed by atoms with Crippen molar-refractivity contribution >= 4 is 17.5 Å². The van der Waals surface area contributed by atoms with Crippen LogP contribution in [0.1, 0.15) is 36.5 Å². The summed E-state index contributed by atoms with van der Waals surface area (Å²) in [5, 5.41) is 13.1. The van der Waals surface area contributed by atoms with Crippen LogP contribution in [0.25, 0.3) is 0 Å². The van der Waals surface area contributed by atoms with Gasteiger partial charge in [-0.15, -0.1) is 0 Å². The summed E-state index contributed by atoms with van der Waals surface area (Å²) in [5.41, 5.74) is 3.38. The minimum absolute atomic E-state index is 0.0487. The lowest BCUT2D eigenvalue weighted by molar-refractivity contribution is -0.128. The molecular weight excluding hydrogens is 270 g/mol. The van der Waals surface area contributed by atoms with Gasteiger partial charge in [-0.25, -0.2) is 5.43 Å². The first-order valence-corrected chi connectivity index (χ1v) is 6.96. The molecule has 0 unspecified atom stereocenters. The molecule has 0 bridgehead atoms. The standard InChI is InChI=1S/C15H19N3O3/c1-11(10-14(20)18-8-2-3-9-18)16-17-15(21)12-4-6-13(19)7-5-12/h4-7,19H,2-3,8-10H2,1H3,(H,17,21)/b16-11+. The highest BCUT2D eigenvalue weighted by Gasteiger charge is 2.18. The first-order chi connectivity index (χ1) is 10.1. The van der Waals surface area contributed by atoms with Crippen molar-refractivity contribution in [1.82, 2.24) is 10.3 Å². The Balaban J connectivity index is 1.86. The molecule has 0 saturated carbocycles. The van der Waals surface area contributed by atoms with Gasteiger partial charge in [0.15, 0.2) is 0 Å². The third-order valence-corrected chi connectivity index (χ3v) is 3.34. The first kappa shape index (κ1) is 15.0. The third kappa shape index (κ3) is 4.30. The Hall–Kier alpha value is -2.37. The van der Waals surface area contributed by atoms with E-state index in [-0.39, 0.29) is 24.0 Å². The highest BCUT2D eigenvalue weighted by Crippen LogP contribution is 2.10. The number of hydrogen-bond donors (Lipinski definition) is 2. The van der Waals surface area contributed by atoms with Gasteiger partial charge in [-0.1, -0.05) is 0 Å². The van der Waals surface area contributed by atoms with Crippen molar-refractivity contribution in [3.8, 4) is 5.75 Å². The Morgan fingerprint density at radius 1 is 1.24 bits per heavy atom. The molecule has 0 spiro atoms. The molecule has 6 nitrogen and oxygen atoms in total. The number of amides is 2. The molecule has 21 heavy (non-hydrogen) atoms. The number of phenolic OH excluding ortho intramolecular Hbond substituents is 1. The second kappa shape index (κ2) is 6.88. The van der Waals surface area contributed by atoms with Crippen molar-refractivity contribution in [2.24, 2.45) is 5.10 Å². The lowest BCUT2D eigenvalue weighted by Gasteiger charge is -2.14. The summed E-state index contributed by atoms with van der Waals surface area (Å²) in [7, 11) is 0. The number of aromatic hydroxyl groups is 1. The summed E-state index contributed by atoms with van der Waals surface area (Å²) < 4.78 is 0. The maximum Gasteiger partial charge on any atom is 0.271 e. The number of phenols is 1. The van der Waals surface area contributed by atoms with Crippen LogP contribution in [0.3, 0.4) is 0 Å². The molecule has 0 atom stereocenters. The van der Waals surface area contributed by atoms with Gasteiger partial charge in [0.2, 0.25) is 5.91 Å². The van der Waals surface area contributed by atoms with E-state index in [9.17, 15) is 9.59 Å². The normalized spacial score (nSPS) is 15.1. The highest BCUT2D eigenvalue weighted by atomic mass is 16.3. The summed E-state index contributed by atoms with van der Waals surface area (Å²) in [5.74, 6) is -0.224. The molecule has 1 heterocycles. The van der Waals surface area contributed by atoms with E-state index in [4.69, 9.17) is 5.11 Å². The van der Waals surface area contributed by atoms with Gasteiger partial charge in [-0.2, -0.15) is 5.10 Å². The Bertz CT molecular complexity index is 546. The average molecular weight is 289 g/mol. The summed E-state index contributed by atoms with van der Waals surface area (Å²) in [6, 6.07) is 5.88. The number of carbonyl (C=O) groups is 2. The van der Waals surface area contributed by atoms with Gasteiger partial charge in [-0.05, 0) is 44.0 Å². The summed E-state index contributed by atoms with van der Waals surface area (Å²) >= 11 is 0. The fourth-order valence-electron chi connectivity index (χ4n) is 2.16. The smallest absolute Gasteiger partial charge is 0.271 e. The summed E-state index contributed by atoms with van der Waals surface area (Å²) in [6.07, 6.45) is 2.33. The fraction of sp³-hybridized carbons (Fsp3) is 0.400. The van der Waals surface area contributed by atoms with Crippen LogP contribution in [0.15, 0.2) is 29.4 Å². The van der Waals surface area contributed by atoms with Crippen LogP contribution in [0.2, 0.25) is 0 Å². The van der Waals surface area contributed by atoms with E-state index < -0.39 is 0 Å². The summed E-state index contributed by atoms with van der Waals surface area (Å²) in [4.78, 5) is 25.5. The molecular formula is C15H19N3O3. The van der Waals surface area contributed by atoms with Gasteiger partial charge in [0.1, 0.15) is 5.75 Å². The number of nitrogens with one attached hydrogen (secondary N) is 1. The van der Waals surface area contributed by atoms with Crippen LogP contribution < -0.4 is 5.43 Å². The monoisotopic (exact) mass is 289 g/mol. The van der Waals surface area contributed by atoms with Gasteiger partial charge in [0, 0.05) is 24.4 Å². The molecule has 6 heteroatoms. The largest absolute Gasteiger partial charge is 0.508 e. The van der Waals surface area contributed by atoms with Crippen molar-refractivity contribution in [1.29, 1.82) is 0 Å². The Morgan fingerprint density at radius 3 is 2.48 bits per heavy atom. The van der Waals surface area contributed by atoms with Gasteiger partial charge < -0.3 is 10.0 Å². The zero-order valence-electron chi connectivity index (χ0n) is 12.0. The minimum atomic E-state index is -0.372. The van der Waals surface area contributed by atoms with Gasteiger partial charge in [0.05, 0.1) is 6.42 Å². The van der Waals surface area contributed by atoms with E-state index in [2.05, 4.69) is 10.5 Å². The lowest BCUT2D eigenvalue weighted by atomic mass is 10.2. The van der Waals surface area contributed by atoms with Crippen molar-refractivity contribution in [3.63, 3.8) is 0 Å². The number of likely N-dealkylation sites (tertiary alicyclic amines) is 1. The fourth-order valence-corrected chi connectivity index (χ4v) is 2.16. The minimum Gasteiger partial charge on any atom is -0.508 e. The maximum absolute atomic E-state index is 11.9.